The van der Waals surface area contributed by atoms with Gasteiger partial charge < -0.3 is 10.2 Å². The molecule has 1 amide bonds. The summed E-state index contributed by atoms with van der Waals surface area (Å²) in [5.41, 5.74) is 7.00. The van der Waals surface area contributed by atoms with E-state index < -0.39 is 0 Å². The predicted molar refractivity (Wildman–Crippen MR) is 178 cm³/mol. The Balaban J connectivity index is 1.09. The summed E-state index contributed by atoms with van der Waals surface area (Å²) in [6, 6.07) is 46.0. The van der Waals surface area contributed by atoms with Crippen LogP contribution in [0.15, 0.2) is 140 Å². The van der Waals surface area contributed by atoms with Crippen LogP contribution in [0.25, 0.3) is 11.1 Å². The summed E-state index contributed by atoms with van der Waals surface area (Å²) in [6.07, 6.45) is 0.356. The van der Waals surface area contributed by atoms with E-state index in [0.717, 1.165) is 65.2 Å². The van der Waals surface area contributed by atoms with Crippen molar-refractivity contribution in [2.45, 2.75) is 19.0 Å². The number of amides is 1. The van der Waals surface area contributed by atoms with E-state index in [1.807, 2.05) is 115 Å². The molecule has 1 aliphatic heterocycles. The van der Waals surface area contributed by atoms with E-state index in [1.54, 1.807) is 0 Å². The van der Waals surface area contributed by atoms with Crippen LogP contribution in [-0.4, -0.2) is 42.8 Å². The first kappa shape index (κ1) is 29.1. The monoisotopic (exact) mass is 579 g/mol. The number of ketones is 1. The van der Waals surface area contributed by atoms with Crippen molar-refractivity contribution in [3.05, 3.63) is 162 Å². The van der Waals surface area contributed by atoms with Crippen LogP contribution in [0.3, 0.4) is 0 Å². The number of hydrogen-bond donors (Lipinski definition) is 1. The molecule has 6 rings (SSSR count). The van der Waals surface area contributed by atoms with Crippen molar-refractivity contribution >= 4 is 17.4 Å². The highest BCUT2D eigenvalue weighted by Crippen LogP contribution is 2.27. The van der Waals surface area contributed by atoms with E-state index in [-0.39, 0.29) is 17.7 Å². The molecule has 5 heteroatoms. The summed E-state index contributed by atoms with van der Waals surface area (Å²) < 4.78 is 0. The molecule has 1 fully saturated rings. The SMILES string of the molecule is O=C(Cc1ccc(N2CCN(C(C(=O)NCc3ccccc3)c3ccccc3)CC2)cc1)c1ccccc1-c1ccccc1. The number of Topliss-reactive ketones (excluding diaryl/α,β-unsaturated/α-hetero) is 1. The molecule has 5 aromatic rings. The zero-order valence-electron chi connectivity index (χ0n) is 24.8. The Kier molecular flexibility index (Phi) is 9.24. The molecule has 1 atom stereocenters. The lowest BCUT2D eigenvalue weighted by Crippen LogP contribution is -2.51. The molecular formula is C39H37N3O2. The Bertz CT molecular complexity index is 1660. The highest BCUT2D eigenvalue weighted by Gasteiger charge is 2.30. The quantitative estimate of drug-likeness (QED) is 0.182. The minimum atomic E-state index is -0.339. The maximum absolute atomic E-state index is 13.5. The fourth-order valence-electron chi connectivity index (χ4n) is 5.98. The topological polar surface area (TPSA) is 52.7 Å². The van der Waals surface area contributed by atoms with Gasteiger partial charge >= 0.3 is 0 Å². The molecule has 0 spiro atoms. The molecule has 0 saturated carbocycles. The van der Waals surface area contributed by atoms with Gasteiger partial charge in [0.15, 0.2) is 5.78 Å². The maximum Gasteiger partial charge on any atom is 0.242 e. The van der Waals surface area contributed by atoms with E-state index in [4.69, 9.17) is 0 Å². The van der Waals surface area contributed by atoms with Gasteiger partial charge in [0.1, 0.15) is 6.04 Å². The number of benzene rings is 5. The third-order valence-corrected chi connectivity index (χ3v) is 8.33. The minimum absolute atomic E-state index is 0.0244. The Morgan fingerprint density at radius 2 is 1.20 bits per heavy atom. The van der Waals surface area contributed by atoms with Crippen molar-refractivity contribution in [2.24, 2.45) is 0 Å². The molecule has 0 aliphatic carbocycles. The van der Waals surface area contributed by atoms with Gasteiger partial charge in [-0.1, -0.05) is 127 Å². The zero-order chi connectivity index (χ0) is 30.1. The average molecular weight is 580 g/mol. The summed E-state index contributed by atoms with van der Waals surface area (Å²) in [4.78, 5) is 31.5. The molecule has 1 aliphatic rings. The van der Waals surface area contributed by atoms with E-state index in [2.05, 4.69) is 39.4 Å². The van der Waals surface area contributed by atoms with Gasteiger partial charge in [-0.05, 0) is 39.9 Å². The van der Waals surface area contributed by atoms with Gasteiger partial charge in [-0.3, -0.25) is 14.5 Å². The smallest absolute Gasteiger partial charge is 0.242 e. The summed E-state index contributed by atoms with van der Waals surface area (Å²) >= 11 is 0. The molecule has 0 radical (unpaired) electrons. The molecule has 0 bridgehead atoms. The first-order chi connectivity index (χ1) is 21.7. The van der Waals surface area contributed by atoms with E-state index in [1.165, 1.54) is 0 Å². The van der Waals surface area contributed by atoms with Crippen molar-refractivity contribution in [1.29, 1.82) is 0 Å². The van der Waals surface area contributed by atoms with Crippen LogP contribution in [-0.2, 0) is 17.8 Å². The van der Waals surface area contributed by atoms with E-state index >= 15 is 0 Å². The lowest BCUT2D eigenvalue weighted by Gasteiger charge is -2.39. The summed E-state index contributed by atoms with van der Waals surface area (Å²) in [5.74, 6) is 0.139. The standard InChI is InChI=1S/C39H37N3O2/c43-37(36-19-11-10-18-35(36)32-14-6-2-7-15-32)28-30-20-22-34(23-21-30)41-24-26-42(27-25-41)38(33-16-8-3-9-17-33)39(44)40-29-31-12-4-1-5-13-31/h1-23,38H,24-29H2,(H,40,44). The molecule has 44 heavy (non-hydrogen) atoms. The average Bonchev–Trinajstić information content (AvgIpc) is 3.09. The number of nitrogens with one attached hydrogen (secondary N) is 1. The van der Waals surface area contributed by atoms with Crippen LogP contribution in [0.1, 0.15) is 33.1 Å². The number of hydrogen-bond acceptors (Lipinski definition) is 4. The summed E-state index contributed by atoms with van der Waals surface area (Å²) in [7, 11) is 0. The van der Waals surface area contributed by atoms with Crippen LogP contribution in [0, 0.1) is 0 Å². The molecule has 1 heterocycles. The third-order valence-electron chi connectivity index (χ3n) is 8.33. The lowest BCUT2D eigenvalue weighted by molar-refractivity contribution is -0.127. The second-order valence-corrected chi connectivity index (χ2v) is 11.2. The van der Waals surface area contributed by atoms with Crippen LogP contribution >= 0.6 is 0 Å². The number of carbonyl (C=O) groups excluding carboxylic acids is 2. The Morgan fingerprint density at radius 1 is 0.614 bits per heavy atom. The lowest BCUT2D eigenvalue weighted by atomic mass is 9.94. The van der Waals surface area contributed by atoms with Gasteiger partial charge in [0.2, 0.25) is 5.91 Å². The summed E-state index contributed by atoms with van der Waals surface area (Å²) in [6.45, 7) is 3.69. The van der Waals surface area contributed by atoms with Crippen LogP contribution in [0.2, 0.25) is 0 Å². The Hall–Kier alpha value is -5.00. The van der Waals surface area contributed by atoms with E-state index in [0.29, 0.717) is 13.0 Å². The zero-order valence-corrected chi connectivity index (χ0v) is 24.8. The van der Waals surface area contributed by atoms with Crippen LogP contribution in [0.4, 0.5) is 5.69 Å². The van der Waals surface area contributed by atoms with Crippen LogP contribution < -0.4 is 10.2 Å². The van der Waals surface area contributed by atoms with Crippen molar-refractivity contribution in [1.82, 2.24) is 10.2 Å². The van der Waals surface area contributed by atoms with Crippen molar-refractivity contribution < 1.29 is 9.59 Å². The normalized spacial score (nSPS) is 14.1. The van der Waals surface area contributed by atoms with Gasteiger partial charge in [0, 0.05) is 50.4 Å². The predicted octanol–water partition coefficient (Wildman–Crippen LogP) is 6.96. The first-order valence-electron chi connectivity index (χ1n) is 15.3. The van der Waals surface area contributed by atoms with Gasteiger partial charge in [0.25, 0.3) is 0 Å². The summed E-state index contributed by atoms with van der Waals surface area (Å²) in [5, 5.41) is 3.16. The minimum Gasteiger partial charge on any atom is -0.369 e. The van der Waals surface area contributed by atoms with Gasteiger partial charge in [-0.2, -0.15) is 0 Å². The largest absolute Gasteiger partial charge is 0.369 e. The second-order valence-electron chi connectivity index (χ2n) is 11.2. The van der Waals surface area contributed by atoms with E-state index in [9.17, 15) is 9.59 Å². The molecule has 5 aromatic carbocycles. The molecular weight excluding hydrogens is 542 g/mol. The highest BCUT2D eigenvalue weighted by molar-refractivity contribution is 6.03. The Labute approximate surface area is 259 Å². The number of piperazine rings is 1. The molecule has 220 valence electrons. The first-order valence-corrected chi connectivity index (χ1v) is 15.3. The van der Waals surface area contributed by atoms with Gasteiger partial charge in [-0.25, -0.2) is 0 Å². The molecule has 0 aromatic heterocycles. The van der Waals surface area contributed by atoms with Crippen LogP contribution in [0.5, 0.6) is 0 Å². The third kappa shape index (κ3) is 6.96. The number of carbonyl (C=O) groups is 2. The van der Waals surface area contributed by atoms with Crippen molar-refractivity contribution in [2.75, 3.05) is 31.1 Å². The fourth-order valence-corrected chi connectivity index (χ4v) is 5.98. The van der Waals surface area contributed by atoms with Gasteiger partial charge in [0.05, 0.1) is 0 Å². The fraction of sp³-hybridized carbons (Fsp3) is 0.179. The molecule has 1 unspecified atom stereocenters. The number of rotatable bonds is 10. The number of nitrogens with zero attached hydrogens (tertiary/aromatic N) is 2. The highest BCUT2D eigenvalue weighted by atomic mass is 16.2. The molecule has 5 nitrogen and oxygen atoms in total. The van der Waals surface area contributed by atoms with Crippen molar-refractivity contribution in [3.63, 3.8) is 0 Å². The maximum atomic E-state index is 13.5. The van der Waals surface area contributed by atoms with Gasteiger partial charge in [-0.15, -0.1) is 0 Å². The Morgan fingerprint density at radius 3 is 1.89 bits per heavy atom. The molecule has 1 N–H and O–H groups in total. The second kappa shape index (κ2) is 14.0. The molecule has 1 saturated heterocycles. The van der Waals surface area contributed by atoms with Crippen molar-refractivity contribution in [3.8, 4) is 11.1 Å². The number of anilines is 1.